The zero-order valence-electron chi connectivity index (χ0n) is 17.4. The Morgan fingerprint density at radius 1 is 1.30 bits per heavy atom. The highest BCUT2D eigenvalue weighted by Gasteiger charge is 2.28. The fourth-order valence-corrected chi connectivity index (χ4v) is 4.29. The number of benzene rings is 1. The molecule has 8 heteroatoms. The third-order valence-electron chi connectivity index (χ3n) is 5.02. The number of aromatic nitrogens is 3. The second kappa shape index (κ2) is 7.85. The largest absolute Gasteiger partial charge is 0.468 e. The van der Waals surface area contributed by atoms with Gasteiger partial charge in [0.15, 0.2) is 10.8 Å². The van der Waals surface area contributed by atoms with Gasteiger partial charge < -0.3 is 9.47 Å². The van der Waals surface area contributed by atoms with Crippen molar-refractivity contribution in [3.05, 3.63) is 57.5 Å². The number of thioether (sulfide) groups is 1. The van der Waals surface area contributed by atoms with E-state index in [4.69, 9.17) is 14.5 Å². The Bertz CT molecular complexity index is 1200. The SMILES string of the molecule is COC(=O)CSc1nc2nc3c(cc2c(=O)n1-c1cccc(C)c1)COC(C)(C)C3. The number of pyridine rings is 1. The molecular formula is C22H23N3O4S. The van der Waals surface area contributed by atoms with Crippen molar-refractivity contribution in [1.82, 2.24) is 14.5 Å². The number of hydrogen-bond acceptors (Lipinski definition) is 7. The van der Waals surface area contributed by atoms with E-state index in [0.29, 0.717) is 34.9 Å². The highest BCUT2D eigenvalue weighted by Crippen LogP contribution is 2.29. The predicted octanol–water partition coefficient (Wildman–Crippen LogP) is 3.21. The molecule has 1 aliphatic heterocycles. The van der Waals surface area contributed by atoms with Crippen LogP contribution >= 0.6 is 11.8 Å². The summed E-state index contributed by atoms with van der Waals surface area (Å²) in [5.74, 6) is -0.339. The molecule has 30 heavy (non-hydrogen) atoms. The lowest BCUT2D eigenvalue weighted by Crippen LogP contribution is -2.33. The summed E-state index contributed by atoms with van der Waals surface area (Å²) in [6, 6.07) is 9.44. The normalized spacial score (nSPS) is 15.1. The van der Waals surface area contributed by atoms with Gasteiger partial charge in [0.1, 0.15) is 0 Å². The molecule has 0 aliphatic carbocycles. The molecule has 4 rings (SSSR count). The molecule has 3 aromatic rings. The van der Waals surface area contributed by atoms with Crippen LogP contribution in [0.3, 0.4) is 0 Å². The summed E-state index contributed by atoms with van der Waals surface area (Å²) in [5, 5.41) is 0.836. The van der Waals surface area contributed by atoms with Crippen LogP contribution in [0.1, 0.15) is 30.7 Å². The molecule has 0 atom stereocenters. The molecule has 0 fully saturated rings. The molecule has 0 spiro atoms. The first-order valence-electron chi connectivity index (χ1n) is 9.63. The van der Waals surface area contributed by atoms with Gasteiger partial charge in [0.25, 0.3) is 5.56 Å². The van der Waals surface area contributed by atoms with E-state index in [-0.39, 0.29) is 22.9 Å². The fourth-order valence-electron chi connectivity index (χ4n) is 3.45. The predicted molar refractivity (Wildman–Crippen MR) is 115 cm³/mol. The van der Waals surface area contributed by atoms with Crippen molar-refractivity contribution in [3.63, 3.8) is 0 Å². The molecule has 0 saturated carbocycles. The van der Waals surface area contributed by atoms with Gasteiger partial charge in [-0.2, -0.15) is 0 Å². The van der Waals surface area contributed by atoms with E-state index in [9.17, 15) is 9.59 Å². The van der Waals surface area contributed by atoms with Gasteiger partial charge in [-0.05, 0) is 44.5 Å². The van der Waals surface area contributed by atoms with Crippen LogP contribution in [-0.4, -0.2) is 39.0 Å². The Labute approximate surface area is 178 Å². The van der Waals surface area contributed by atoms with Gasteiger partial charge in [0, 0.05) is 12.0 Å². The number of aryl methyl sites for hydroxylation is 1. The lowest BCUT2D eigenvalue weighted by Gasteiger charge is -2.31. The lowest BCUT2D eigenvalue weighted by molar-refractivity contribution is -0.137. The van der Waals surface area contributed by atoms with E-state index in [0.717, 1.165) is 28.6 Å². The van der Waals surface area contributed by atoms with Crippen LogP contribution in [0.5, 0.6) is 0 Å². The van der Waals surface area contributed by atoms with E-state index >= 15 is 0 Å². The number of nitrogens with zero attached hydrogens (tertiary/aromatic N) is 3. The number of carbonyl (C=O) groups is 1. The second-order valence-corrected chi connectivity index (χ2v) is 8.87. The first kappa shape index (κ1) is 20.6. The van der Waals surface area contributed by atoms with Gasteiger partial charge in [-0.15, -0.1) is 0 Å². The second-order valence-electron chi connectivity index (χ2n) is 7.93. The summed E-state index contributed by atoms with van der Waals surface area (Å²) in [5.41, 5.74) is 3.35. The standard InChI is InChI=1S/C22H23N3O4S/c1-13-6-5-7-15(8-13)25-20(27)16-9-14-11-29-22(2,3)10-17(14)23-19(16)24-21(25)30-12-18(26)28-4/h5-9H,10-12H2,1-4H3. The minimum atomic E-state index is -0.387. The Hall–Kier alpha value is -2.71. The number of ether oxygens (including phenoxy) is 2. The third kappa shape index (κ3) is 3.97. The zero-order chi connectivity index (χ0) is 21.5. The number of carbonyl (C=O) groups excluding carboxylic acids is 1. The summed E-state index contributed by atoms with van der Waals surface area (Å²) >= 11 is 1.16. The summed E-state index contributed by atoms with van der Waals surface area (Å²) in [4.78, 5) is 34.6. The summed E-state index contributed by atoms with van der Waals surface area (Å²) in [7, 11) is 1.34. The molecule has 0 radical (unpaired) electrons. The van der Waals surface area contributed by atoms with Crippen LogP contribution in [0.25, 0.3) is 16.7 Å². The van der Waals surface area contributed by atoms with Crippen molar-refractivity contribution in [2.75, 3.05) is 12.9 Å². The molecule has 2 aromatic heterocycles. The van der Waals surface area contributed by atoms with Crippen molar-refractivity contribution < 1.29 is 14.3 Å². The van der Waals surface area contributed by atoms with Gasteiger partial charge in [0.05, 0.1) is 41.8 Å². The van der Waals surface area contributed by atoms with Crippen molar-refractivity contribution in [2.24, 2.45) is 0 Å². The number of rotatable bonds is 4. The molecule has 0 saturated heterocycles. The van der Waals surface area contributed by atoms with Crippen LogP contribution in [0.2, 0.25) is 0 Å². The maximum atomic E-state index is 13.5. The van der Waals surface area contributed by atoms with Crippen molar-refractivity contribution in [2.45, 2.75) is 44.6 Å². The topological polar surface area (TPSA) is 83.3 Å². The highest BCUT2D eigenvalue weighted by molar-refractivity contribution is 7.99. The molecule has 1 aliphatic rings. The van der Waals surface area contributed by atoms with Gasteiger partial charge in [0.2, 0.25) is 0 Å². The summed E-state index contributed by atoms with van der Waals surface area (Å²) in [6.45, 7) is 6.40. The number of hydrogen-bond donors (Lipinski definition) is 0. The van der Waals surface area contributed by atoms with E-state index in [2.05, 4.69) is 4.98 Å². The number of fused-ring (bicyclic) bond motifs is 2. The van der Waals surface area contributed by atoms with Crippen LogP contribution < -0.4 is 5.56 Å². The molecule has 0 unspecified atom stereocenters. The lowest BCUT2D eigenvalue weighted by atomic mass is 9.95. The van der Waals surface area contributed by atoms with E-state index in [1.807, 2.05) is 51.1 Å². The van der Waals surface area contributed by atoms with E-state index < -0.39 is 0 Å². The first-order valence-corrected chi connectivity index (χ1v) is 10.6. The average Bonchev–Trinajstić information content (AvgIpc) is 2.70. The molecular weight excluding hydrogens is 402 g/mol. The Balaban J connectivity index is 1.92. The van der Waals surface area contributed by atoms with Gasteiger partial charge >= 0.3 is 5.97 Å². The summed E-state index contributed by atoms with van der Waals surface area (Å²) < 4.78 is 12.2. The fraction of sp³-hybridized carbons (Fsp3) is 0.364. The molecule has 3 heterocycles. The smallest absolute Gasteiger partial charge is 0.316 e. The third-order valence-corrected chi connectivity index (χ3v) is 5.93. The van der Waals surface area contributed by atoms with E-state index in [1.54, 1.807) is 0 Å². The first-order chi connectivity index (χ1) is 14.3. The maximum Gasteiger partial charge on any atom is 0.316 e. The number of methoxy groups -OCH3 is 1. The Morgan fingerprint density at radius 2 is 2.10 bits per heavy atom. The van der Waals surface area contributed by atoms with E-state index in [1.165, 1.54) is 11.7 Å². The molecule has 7 nitrogen and oxygen atoms in total. The van der Waals surface area contributed by atoms with Gasteiger partial charge in [-0.1, -0.05) is 23.9 Å². The Kier molecular flexibility index (Phi) is 5.38. The van der Waals surface area contributed by atoms with Gasteiger partial charge in [-0.25, -0.2) is 9.97 Å². The molecule has 1 aromatic carbocycles. The van der Waals surface area contributed by atoms with Crippen molar-refractivity contribution in [3.8, 4) is 5.69 Å². The molecule has 0 bridgehead atoms. The molecule has 0 amide bonds. The highest BCUT2D eigenvalue weighted by atomic mass is 32.2. The average molecular weight is 426 g/mol. The minimum Gasteiger partial charge on any atom is -0.468 e. The van der Waals surface area contributed by atoms with Crippen LogP contribution in [0.4, 0.5) is 0 Å². The minimum absolute atomic E-state index is 0.0477. The Morgan fingerprint density at radius 3 is 2.83 bits per heavy atom. The van der Waals surface area contributed by atoms with Crippen LogP contribution in [-0.2, 0) is 27.3 Å². The maximum absolute atomic E-state index is 13.5. The van der Waals surface area contributed by atoms with Crippen molar-refractivity contribution >= 4 is 28.8 Å². The van der Waals surface area contributed by atoms with Crippen LogP contribution in [0.15, 0.2) is 40.3 Å². The molecule has 0 N–H and O–H groups in total. The van der Waals surface area contributed by atoms with Crippen LogP contribution in [0, 0.1) is 6.92 Å². The zero-order valence-corrected chi connectivity index (χ0v) is 18.2. The summed E-state index contributed by atoms with van der Waals surface area (Å²) in [6.07, 6.45) is 0.644. The quantitative estimate of drug-likeness (QED) is 0.361. The monoisotopic (exact) mass is 425 g/mol. The van der Waals surface area contributed by atoms with Crippen molar-refractivity contribution in [1.29, 1.82) is 0 Å². The number of esters is 1. The van der Waals surface area contributed by atoms with Gasteiger partial charge in [-0.3, -0.25) is 14.2 Å². The molecule has 156 valence electrons.